The van der Waals surface area contributed by atoms with Crippen LogP contribution in [0.3, 0.4) is 0 Å². The Kier molecular flexibility index (Phi) is 6.57. The molecular formula is C21H23ClN4O2. The Balaban J connectivity index is 0.00000225. The number of rotatable bonds is 4. The van der Waals surface area contributed by atoms with E-state index in [-0.39, 0.29) is 24.9 Å². The second-order valence-corrected chi connectivity index (χ2v) is 6.64. The van der Waals surface area contributed by atoms with Crippen LogP contribution in [0.2, 0.25) is 0 Å². The molecule has 3 heterocycles. The summed E-state index contributed by atoms with van der Waals surface area (Å²) in [4.78, 5) is 26.4. The number of benzene rings is 1. The molecule has 0 bridgehead atoms. The number of amides is 1. The van der Waals surface area contributed by atoms with Crippen LogP contribution in [0, 0.1) is 0 Å². The van der Waals surface area contributed by atoms with Gasteiger partial charge in [-0.3, -0.25) is 14.7 Å². The topological polar surface area (TPSA) is 69.6 Å². The molecule has 0 atom stereocenters. The first kappa shape index (κ1) is 20.2. The van der Waals surface area contributed by atoms with Crippen molar-refractivity contribution in [2.24, 2.45) is 0 Å². The van der Waals surface area contributed by atoms with Crippen molar-refractivity contribution in [2.45, 2.75) is 0 Å². The predicted octanol–water partition coefficient (Wildman–Crippen LogP) is 2.47. The molecule has 1 N–H and O–H groups in total. The summed E-state index contributed by atoms with van der Waals surface area (Å²) in [7, 11) is 0. The van der Waals surface area contributed by atoms with Crippen molar-refractivity contribution in [2.75, 3.05) is 39.3 Å². The van der Waals surface area contributed by atoms with Gasteiger partial charge in [-0.1, -0.05) is 24.3 Å². The number of aliphatic hydroxyl groups excluding tert-OH is 1. The van der Waals surface area contributed by atoms with Crippen molar-refractivity contribution in [3.8, 4) is 11.4 Å². The zero-order chi connectivity index (χ0) is 18.6. The van der Waals surface area contributed by atoms with Crippen molar-refractivity contribution in [3.05, 3.63) is 60.3 Å². The maximum absolute atomic E-state index is 13.3. The van der Waals surface area contributed by atoms with Gasteiger partial charge in [-0.15, -0.1) is 12.4 Å². The Bertz CT molecular complexity index is 944. The smallest absolute Gasteiger partial charge is 0.254 e. The van der Waals surface area contributed by atoms with Gasteiger partial charge in [-0.2, -0.15) is 0 Å². The highest BCUT2D eigenvalue weighted by atomic mass is 35.5. The molecule has 1 fully saturated rings. The largest absolute Gasteiger partial charge is 0.395 e. The molecular weight excluding hydrogens is 376 g/mol. The van der Waals surface area contributed by atoms with E-state index in [0.717, 1.165) is 29.7 Å². The second-order valence-electron chi connectivity index (χ2n) is 6.64. The van der Waals surface area contributed by atoms with Crippen LogP contribution in [-0.4, -0.2) is 70.1 Å². The molecule has 4 rings (SSSR count). The summed E-state index contributed by atoms with van der Waals surface area (Å²) in [6.07, 6.45) is 1.73. The molecule has 1 aliphatic rings. The van der Waals surface area contributed by atoms with E-state index in [9.17, 15) is 4.79 Å². The first-order chi connectivity index (χ1) is 13.3. The van der Waals surface area contributed by atoms with Crippen LogP contribution in [-0.2, 0) is 0 Å². The van der Waals surface area contributed by atoms with Crippen LogP contribution in [0.5, 0.6) is 0 Å². The molecule has 3 aromatic rings. The lowest BCUT2D eigenvalue weighted by Crippen LogP contribution is -2.49. The Hall–Kier alpha value is -2.54. The van der Waals surface area contributed by atoms with Gasteiger partial charge >= 0.3 is 0 Å². The van der Waals surface area contributed by atoms with Crippen LogP contribution in [0.4, 0.5) is 0 Å². The number of nitrogens with zero attached hydrogens (tertiary/aromatic N) is 4. The lowest BCUT2D eigenvalue weighted by molar-refractivity contribution is 0.0617. The molecule has 1 aromatic carbocycles. The third-order valence-electron chi connectivity index (χ3n) is 4.95. The number of hydrogen-bond acceptors (Lipinski definition) is 5. The third-order valence-corrected chi connectivity index (χ3v) is 4.95. The monoisotopic (exact) mass is 398 g/mol. The molecule has 0 saturated carbocycles. The molecule has 0 unspecified atom stereocenters. The summed E-state index contributed by atoms with van der Waals surface area (Å²) in [5.74, 6) is 0.0226. The summed E-state index contributed by atoms with van der Waals surface area (Å²) in [5.41, 5.74) is 2.92. The third kappa shape index (κ3) is 4.14. The summed E-state index contributed by atoms with van der Waals surface area (Å²) in [6.45, 7) is 3.69. The summed E-state index contributed by atoms with van der Waals surface area (Å²) >= 11 is 0. The highest BCUT2D eigenvalue weighted by molar-refractivity contribution is 6.07. The maximum Gasteiger partial charge on any atom is 0.254 e. The van der Waals surface area contributed by atoms with Crippen LogP contribution >= 0.6 is 12.4 Å². The minimum Gasteiger partial charge on any atom is -0.395 e. The van der Waals surface area contributed by atoms with E-state index >= 15 is 0 Å². The summed E-state index contributed by atoms with van der Waals surface area (Å²) < 4.78 is 0. The van der Waals surface area contributed by atoms with Crippen LogP contribution in [0.1, 0.15) is 10.4 Å². The molecule has 0 radical (unpaired) electrons. The predicted molar refractivity (Wildman–Crippen MR) is 112 cm³/mol. The van der Waals surface area contributed by atoms with E-state index in [4.69, 9.17) is 10.1 Å². The lowest BCUT2D eigenvalue weighted by Gasteiger charge is -2.34. The second kappa shape index (κ2) is 9.10. The number of piperazine rings is 1. The van der Waals surface area contributed by atoms with Gasteiger partial charge in [0.25, 0.3) is 5.91 Å². The summed E-state index contributed by atoms with van der Waals surface area (Å²) in [6, 6.07) is 15.3. The Morgan fingerprint density at radius 1 is 1.00 bits per heavy atom. The number of aliphatic hydroxyl groups is 1. The molecule has 1 saturated heterocycles. The van der Waals surface area contributed by atoms with Gasteiger partial charge in [0.15, 0.2) is 0 Å². The molecule has 1 amide bonds. The van der Waals surface area contributed by atoms with Gasteiger partial charge < -0.3 is 10.0 Å². The first-order valence-electron chi connectivity index (χ1n) is 9.20. The minimum atomic E-state index is 0. The van der Waals surface area contributed by atoms with Gasteiger partial charge in [0, 0.05) is 44.3 Å². The van der Waals surface area contributed by atoms with Crippen molar-refractivity contribution >= 4 is 29.2 Å². The maximum atomic E-state index is 13.3. The minimum absolute atomic E-state index is 0. The number of para-hydroxylation sites is 1. The fourth-order valence-corrected chi connectivity index (χ4v) is 3.48. The van der Waals surface area contributed by atoms with E-state index in [1.54, 1.807) is 6.20 Å². The van der Waals surface area contributed by atoms with Crippen LogP contribution in [0.15, 0.2) is 54.7 Å². The van der Waals surface area contributed by atoms with E-state index < -0.39 is 0 Å². The zero-order valence-corrected chi connectivity index (χ0v) is 16.3. The van der Waals surface area contributed by atoms with Crippen LogP contribution in [0.25, 0.3) is 22.3 Å². The summed E-state index contributed by atoms with van der Waals surface area (Å²) in [5, 5.41) is 9.95. The molecule has 7 heteroatoms. The fourth-order valence-electron chi connectivity index (χ4n) is 3.48. The van der Waals surface area contributed by atoms with Crippen molar-refractivity contribution in [1.82, 2.24) is 19.8 Å². The molecule has 146 valence electrons. The van der Waals surface area contributed by atoms with Gasteiger partial charge in [-0.05, 0) is 24.3 Å². The molecule has 2 aromatic heterocycles. The van der Waals surface area contributed by atoms with E-state index in [1.807, 2.05) is 53.4 Å². The van der Waals surface area contributed by atoms with Gasteiger partial charge in [0.2, 0.25) is 0 Å². The van der Waals surface area contributed by atoms with Gasteiger partial charge in [-0.25, -0.2) is 4.98 Å². The number of pyridine rings is 2. The van der Waals surface area contributed by atoms with Gasteiger partial charge in [0.1, 0.15) is 0 Å². The highest BCUT2D eigenvalue weighted by Gasteiger charge is 2.24. The standard InChI is InChI=1S/C21H22N4O2.ClH/c26-14-13-24-9-11-25(12-10-24)21(27)17-15-20(19-7-3-4-8-22-19)23-18-6-2-1-5-16(17)18;/h1-8,15,26H,9-14H2;1H. The Morgan fingerprint density at radius 3 is 2.46 bits per heavy atom. The number of carbonyl (C=O) groups is 1. The average Bonchev–Trinajstić information content (AvgIpc) is 2.74. The highest BCUT2D eigenvalue weighted by Crippen LogP contribution is 2.25. The van der Waals surface area contributed by atoms with Crippen LogP contribution < -0.4 is 0 Å². The molecule has 6 nitrogen and oxygen atoms in total. The quantitative estimate of drug-likeness (QED) is 0.731. The van der Waals surface area contributed by atoms with Gasteiger partial charge in [0.05, 0.1) is 29.1 Å². The first-order valence-corrected chi connectivity index (χ1v) is 9.20. The Morgan fingerprint density at radius 2 is 1.75 bits per heavy atom. The molecule has 0 aliphatic carbocycles. The fraction of sp³-hybridized carbons (Fsp3) is 0.286. The number of β-amino-alcohol motifs (C(OH)–C–C–N with tert-alkyl or cyclic N) is 1. The van der Waals surface area contributed by atoms with E-state index in [0.29, 0.717) is 30.9 Å². The molecule has 1 aliphatic heterocycles. The number of halogens is 1. The average molecular weight is 399 g/mol. The number of fused-ring (bicyclic) bond motifs is 1. The van der Waals surface area contributed by atoms with E-state index in [1.165, 1.54) is 0 Å². The number of carbonyl (C=O) groups excluding carboxylic acids is 1. The lowest BCUT2D eigenvalue weighted by atomic mass is 10.0. The normalized spacial score (nSPS) is 14.7. The SMILES string of the molecule is Cl.O=C(c1cc(-c2ccccn2)nc2ccccc12)N1CCN(CCO)CC1. The molecule has 0 spiro atoms. The zero-order valence-electron chi connectivity index (χ0n) is 15.5. The number of hydrogen-bond donors (Lipinski definition) is 1. The molecule has 28 heavy (non-hydrogen) atoms. The Labute approximate surface area is 170 Å². The number of aromatic nitrogens is 2. The van der Waals surface area contributed by atoms with E-state index in [2.05, 4.69) is 9.88 Å². The van der Waals surface area contributed by atoms with Crippen molar-refractivity contribution < 1.29 is 9.90 Å². The van der Waals surface area contributed by atoms with Crippen molar-refractivity contribution in [3.63, 3.8) is 0 Å². The van der Waals surface area contributed by atoms with Crippen molar-refractivity contribution in [1.29, 1.82) is 0 Å².